The molecule has 1 aromatic carbocycles. The average molecular weight is 263 g/mol. The summed E-state index contributed by atoms with van der Waals surface area (Å²) in [6.45, 7) is 4.29. The van der Waals surface area contributed by atoms with Gasteiger partial charge in [0, 0.05) is 6.54 Å². The van der Waals surface area contributed by atoms with Gasteiger partial charge in [-0.1, -0.05) is 6.07 Å². The molecule has 0 aliphatic heterocycles. The van der Waals surface area contributed by atoms with E-state index in [1.807, 2.05) is 26.0 Å². The molecule has 0 spiro atoms. The number of ether oxygens (including phenoxy) is 1. The number of aliphatic hydroxyl groups is 1. The molecule has 1 aliphatic rings. The maximum absolute atomic E-state index is 11.6. The number of carbonyl (C=O) groups excluding carboxylic acids is 1. The lowest BCUT2D eigenvalue weighted by Gasteiger charge is -2.36. The summed E-state index contributed by atoms with van der Waals surface area (Å²) in [6.07, 6.45) is 2.57. The SMILES string of the molecule is Cc1cc(C)cc(OCC(=O)NCC2(O)CCC2)c1. The minimum Gasteiger partial charge on any atom is -0.484 e. The monoisotopic (exact) mass is 263 g/mol. The minimum atomic E-state index is -0.685. The summed E-state index contributed by atoms with van der Waals surface area (Å²) in [5.41, 5.74) is 1.54. The largest absolute Gasteiger partial charge is 0.484 e. The van der Waals surface area contributed by atoms with Crippen molar-refractivity contribution >= 4 is 5.91 Å². The van der Waals surface area contributed by atoms with Gasteiger partial charge in [0.25, 0.3) is 5.91 Å². The van der Waals surface area contributed by atoms with E-state index in [1.165, 1.54) is 0 Å². The van der Waals surface area contributed by atoms with Crippen LogP contribution < -0.4 is 10.1 Å². The molecule has 4 nitrogen and oxygen atoms in total. The molecule has 1 amide bonds. The number of amides is 1. The molecule has 0 atom stereocenters. The quantitative estimate of drug-likeness (QED) is 0.850. The van der Waals surface area contributed by atoms with Gasteiger partial charge in [-0.2, -0.15) is 0 Å². The maximum atomic E-state index is 11.6. The zero-order valence-electron chi connectivity index (χ0n) is 11.5. The van der Waals surface area contributed by atoms with E-state index in [9.17, 15) is 9.90 Å². The van der Waals surface area contributed by atoms with E-state index in [0.717, 1.165) is 30.4 Å². The van der Waals surface area contributed by atoms with Crippen LogP contribution in [-0.2, 0) is 4.79 Å². The molecule has 0 heterocycles. The van der Waals surface area contributed by atoms with Crippen LogP contribution in [0.25, 0.3) is 0 Å². The van der Waals surface area contributed by atoms with Crippen LogP contribution in [0.15, 0.2) is 18.2 Å². The zero-order valence-corrected chi connectivity index (χ0v) is 11.5. The summed E-state index contributed by atoms with van der Waals surface area (Å²) in [7, 11) is 0. The third kappa shape index (κ3) is 3.96. The molecule has 2 N–H and O–H groups in total. The average Bonchev–Trinajstić information content (AvgIpc) is 2.30. The van der Waals surface area contributed by atoms with Gasteiger partial charge in [-0.25, -0.2) is 0 Å². The Morgan fingerprint density at radius 1 is 1.32 bits per heavy atom. The summed E-state index contributed by atoms with van der Waals surface area (Å²) in [5.74, 6) is 0.509. The van der Waals surface area contributed by atoms with E-state index in [0.29, 0.717) is 12.3 Å². The Morgan fingerprint density at radius 3 is 2.47 bits per heavy atom. The van der Waals surface area contributed by atoms with E-state index in [2.05, 4.69) is 11.4 Å². The standard InChI is InChI=1S/C15H21NO3/c1-11-6-12(2)8-13(7-11)19-9-14(17)16-10-15(18)4-3-5-15/h6-8,18H,3-5,9-10H2,1-2H3,(H,16,17). The van der Waals surface area contributed by atoms with Crippen LogP contribution in [0.3, 0.4) is 0 Å². The first-order valence-corrected chi connectivity index (χ1v) is 6.67. The topological polar surface area (TPSA) is 58.6 Å². The molecule has 0 aromatic heterocycles. The Labute approximate surface area is 113 Å². The normalized spacial score (nSPS) is 16.6. The number of benzene rings is 1. The van der Waals surface area contributed by atoms with Crippen LogP contribution in [0.1, 0.15) is 30.4 Å². The molecule has 0 bridgehead atoms. The van der Waals surface area contributed by atoms with Gasteiger partial charge in [-0.15, -0.1) is 0 Å². The van der Waals surface area contributed by atoms with Crippen molar-refractivity contribution in [1.82, 2.24) is 5.32 Å². The van der Waals surface area contributed by atoms with Crippen LogP contribution >= 0.6 is 0 Å². The lowest BCUT2D eigenvalue weighted by Crippen LogP contribution is -2.48. The van der Waals surface area contributed by atoms with Gasteiger partial charge >= 0.3 is 0 Å². The fourth-order valence-corrected chi connectivity index (χ4v) is 2.24. The highest BCUT2D eigenvalue weighted by atomic mass is 16.5. The first-order chi connectivity index (χ1) is 8.97. The third-order valence-corrected chi connectivity index (χ3v) is 3.46. The summed E-state index contributed by atoms with van der Waals surface area (Å²) in [6, 6.07) is 5.86. The summed E-state index contributed by atoms with van der Waals surface area (Å²) < 4.78 is 5.45. The molecule has 2 rings (SSSR count). The van der Waals surface area contributed by atoms with Gasteiger partial charge in [0.2, 0.25) is 0 Å². The van der Waals surface area contributed by atoms with E-state index in [-0.39, 0.29) is 12.5 Å². The minimum absolute atomic E-state index is 0.0149. The number of hydrogen-bond acceptors (Lipinski definition) is 3. The highest BCUT2D eigenvalue weighted by molar-refractivity contribution is 5.77. The number of hydrogen-bond donors (Lipinski definition) is 2. The Balaban J connectivity index is 1.76. The van der Waals surface area contributed by atoms with Crippen molar-refractivity contribution in [3.63, 3.8) is 0 Å². The molecule has 0 radical (unpaired) electrons. The second kappa shape index (κ2) is 5.61. The third-order valence-electron chi connectivity index (χ3n) is 3.46. The predicted octanol–water partition coefficient (Wildman–Crippen LogP) is 1.71. The van der Waals surface area contributed by atoms with E-state index in [1.54, 1.807) is 0 Å². The van der Waals surface area contributed by atoms with E-state index >= 15 is 0 Å². The second-order valence-corrected chi connectivity index (χ2v) is 5.47. The van der Waals surface area contributed by atoms with Crippen molar-refractivity contribution < 1.29 is 14.6 Å². The molecule has 1 fully saturated rings. The van der Waals surface area contributed by atoms with E-state index in [4.69, 9.17) is 4.74 Å². The number of aryl methyl sites for hydroxylation is 2. The molecular formula is C15H21NO3. The molecule has 19 heavy (non-hydrogen) atoms. The fraction of sp³-hybridized carbons (Fsp3) is 0.533. The summed E-state index contributed by atoms with van der Waals surface area (Å²) in [5, 5.41) is 12.6. The van der Waals surface area contributed by atoms with Gasteiger partial charge in [-0.05, 0) is 56.4 Å². The molecular weight excluding hydrogens is 242 g/mol. The van der Waals surface area contributed by atoms with Crippen LogP contribution in [0.2, 0.25) is 0 Å². The van der Waals surface area contributed by atoms with Crippen molar-refractivity contribution in [2.75, 3.05) is 13.2 Å². The van der Waals surface area contributed by atoms with Crippen molar-refractivity contribution in [2.24, 2.45) is 0 Å². The Morgan fingerprint density at radius 2 is 1.95 bits per heavy atom. The van der Waals surface area contributed by atoms with Crippen LogP contribution in [0.5, 0.6) is 5.75 Å². The van der Waals surface area contributed by atoms with Crippen LogP contribution in [0, 0.1) is 13.8 Å². The zero-order chi connectivity index (χ0) is 13.9. The van der Waals surface area contributed by atoms with Gasteiger partial charge < -0.3 is 15.2 Å². The molecule has 1 aliphatic carbocycles. The Kier molecular flexibility index (Phi) is 4.10. The predicted molar refractivity (Wildman–Crippen MR) is 73.2 cm³/mol. The first-order valence-electron chi connectivity index (χ1n) is 6.67. The number of rotatable bonds is 5. The van der Waals surface area contributed by atoms with Gasteiger partial charge in [0.1, 0.15) is 5.75 Å². The molecule has 0 unspecified atom stereocenters. The summed E-state index contributed by atoms with van der Waals surface area (Å²) >= 11 is 0. The lowest BCUT2D eigenvalue weighted by atomic mass is 9.80. The molecule has 104 valence electrons. The summed E-state index contributed by atoms with van der Waals surface area (Å²) in [4.78, 5) is 11.6. The first kappa shape index (κ1) is 13.9. The van der Waals surface area contributed by atoms with Gasteiger partial charge in [0.05, 0.1) is 5.60 Å². The van der Waals surface area contributed by atoms with Crippen molar-refractivity contribution in [2.45, 2.75) is 38.7 Å². The number of carbonyl (C=O) groups is 1. The number of nitrogens with one attached hydrogen (secondary N) is 1. The molecule has 4 heteroatoms. The van der Waals surface area contributed by atoms with Crippen molar-refractivity contribution in [3.8, 4) is 5.75 Å². The van der Waals surface area contributed by atoms with Crippen molar-refractivity contribution in [3.05, 3.63) is 29.3 Å². The molecule has 1 saturated carbocycles. The molecule has 1 aromatic rings. The Hall–Kier alpha value is -1.55. The highest BCUT2D eigenvalue weighted by Crippen LogP contribution is 2.30. The van der Waals surface area contributed by atoms with Crippen molar-refractivity contribution in [1.29, 1.82) is 0 Å². The Bertz CT molecular complexity index is 446. The maximum Gasteiger partial charge on any atom is 0.258 e. The van der Waals surface area contributed by atoms with Crippen LogP contribution in [0.4, 0.5) is 0 Å². The van der Waals surface area contributed by atoms with Gasteiger partial charge in [0.15, 0.2) is 6.61 Å². The van der Waals surface area contributed by atoms with E-state index < -0.39 is 5.60 Å². The molecule has 0 saturated heterocycles. The fourth-order valence-electron chi connectivity index (χ4n) is 2.24. The second-order valence-electron chi connectivity index (χ2n) is 5.47. The van der Waals surface area contributed by atoms with Crippen LogP contribution in [-0.4, -0.2) is 29.8 Å². The lowest BCUT2D eigenvalue weighted by molar-refractivity contribution is -0.125. The highest BCUT2D eigenvalue weighted by Gasteiger charge is 2.34. The van der Waals surface area contributed by atoms with Gasteiger partial charge in [-0.3, -0.25) is 4.79 Å². The smallest absolute Gasteiger partial charge is 0.258 e.